The second kappa shape index (κ2) is 8.42. The SMILES string of the molecule is C=CCOc1cc(Cl)c(CN2CCOC(CC)C2)cc1OC. The normalized spacial score (nSPS) is 19.0. The van der Waals surface area contributed by atoms with Crippen LogP contribution >= 0.6 is 11.6 Å². The number of methoxy groups -OCH3 is 1. The van der Waals surface area contributed by atoms with Crippen LogP contribution in [0.1, 0.15) is 18.9 Å². The van der Waals surface area contributed by atoms with Crippen molar-refractivity contribution in [2.75, 3.05) is 33.4 Å². The number of hydrogen-bond acceptors (Lipinski definition) is 4. The van der Waals surface area contributed by atoms with Gasteiger partial charge in [0.2, 0.25) is 0 Å². The van der Waals surface area contributed by atoms with Crippen LogP contribution in [-0.4, -0.2) is 44.4 Å². The quantitative estimate of drug-likeness (QED) is 0.718. The Kier molecular flexibility index (Phi) is 6.55. The Hall–Kier alpha value is -1.23. The molecule has 0 amide bonds. The minimum absolute atomic E-state index is 0.310. The van der Waals surface area contributed by atoms with Gasteiger partial charge in [0.1, 0.15) is 6.61 Å². The van der Waals surface area contributed by atoms with Crippen molar-refractivity contribution in [2.24, 2.45) is 0 Å². The van der Waals surface area contributed by atoms with Crippen LogP contribution in [0.15, 0.2) is 24.8 Å². The number of ether oxygens (including phenoxy) is 3. The molecule has 22 heavy (non-hydrogen) atoms. The van der Waals surface area contributed by atoms with Gasteiger partial charge in [-0.2, -0.15) is 0 Å². The predicted molar refractivity (Wildman–Crippen MR) is 89.0 cm³/mol. The summed E-state index contributed by atoms with van der Waals surface area (Å²) in [6.07, 6.45) is 3.03. The monoisotopic (exact) mass is 325 g/mol. The van der Waals surface area contributed by atoms with Crippen LogP contribution in [0.3, 0.4) is 0 Å². The van der Waals surface area contributed by atoms with Crippen LogP contribution in [0.4, 0.5) is 0 Å². The molecule has 0 radical (unpaired) electrons. The number of halogens is 1. The van der Waals surface area contributed by atoms with Gasteiger partial charge < -0.3 is 14.2 Å². The van der Waals surface area contributed by atoms with Crippen LogP contribution < -0.4 is 9.47 Å². The Bertz CT molecular complexity index is 507. The van der Waals surface area contributed by atoms with Crippen molar-refractivity contribution in [1.29, 1.82) is 0 Å². The highest BCUT2D eigenvalue weighted by atomic mass is 35.5. The molecule has 1 aromatic rings. The molecule has 5 heteroatoms. The Balaban J connectivity index is 2.11. The van der Waals surface area contributed by atoms with Crippen LogP contribution in [0, 0.1) is 0 Å². The number of nitrogens with zero attached hydrogens (tertiary/aromatic N) is 1. The van der Waals surface area contributed by atoms with Crippen molar-refractivity contribution in [1.82, 2.24) is 4.90 Å². The van der Waals surface area contributed by atoms with Crippen LogP contribution in [0.25, 0.3) is 0 Å². The highest BCUT2D eigenvalue weighted by molar-refractivity contribution is 6.31. The molecule has 1 fully saturated rings. The lowest BCUT2D eigenvalue weighted by atomic mass is 10.1. The van der Waals surface area contributed by atoms with Crippen molar-refractivity contribution in [3.8, 4) is 11.5 Å². The summed E-state index contributed by atoms with van der Waals surface area (Å²) in [7, 11) is 1.63. The maximum Gasteiger partial charge on any atom is 0.163 e. The van der Waals surface area contributed by atoms with Gasteiger partial charge in [-0.15, -0.1) is 0 Å². The molecule has 0 N–H and O–H groups in total. The molecule has 1 atom stereocenters. The third kappa shape index (κ3) is 4.38. The lowest BCUT2D eigenvalue weighted by Gasteiger charge is -2.32. The lowest BCUT2D eigenvalue weighted by Crippen LogP contribution is -2.41. The van der Waals surface area contributed by atoms with E-state index in [1.807, 2.05) is 12.1 Å². The number of rotatable bonds is 7. The molecular weight excluding hydrogens is 302 g/mol. The summed E-state index contributed by atoms with van der Waals surface area (Å²) < 4.78 is 16.7. The standard InChI is InChI=1S/C17H24ClNO3/c1-4-7-22-17-10-15(18)13(9-16(17)20-3)11-19-6-8-21-14(5-2)12-19/h4,9-10,14H,1,5-8,11-12H2,2-3H3. The Morgan fingerprint density at radius 1 is 1.45 bits per heavy atom. The smallest absolute Gasteiger partial charge is 0.163 e. The second-order valence-electron chi connectivity index (χ2n) is 5.33. The molecule has 1 aliphatic rings. The molecule has 1 aromatic carbocycles. The van der Waals surface area contributed by atoms with E-state index in [2.05, 4.69) is 18.4 Å². The Labute approximate surface area is 137 Å². The van der Waals surface area contributed by atoms with Crippen LogP contribution in [0.5, 0.6) is 11.5 Å². The molecule has 122 valence electrons. The molecule has 0 aliphatic carbocycles. The zero-order valence-corrected chi connectivity index (χ0v) is 14.1. The van der Waals surface area contributed by atoms with Gasteiger partial charge in [0.05, 0.1) is 19.8 Å². The van der Waals surface area contributed by atoms with Gasteiger partial charge in [-0.1, -0.05) is 31.2 Å². The molecule has 1 aliphatic heterocycles. The van der Waals surface area contributed by atoms with Crippen molar-refractivity contribution in [2.45, 2.75) is 26.0 Å². The van der Waals surface area contributed by atoms with Crippen LogP contribution in [0.2, 0.25) is 5.02 Å². The minimum Gasteiger partial charge on any atom is -0.493 e. The molecule has 1 saturated heterocycles. The van der Waals surface area contributed by atoms with Gasteiger partial charge in [0, 0.05) is 30.7 Å². The zero-order valence-electron chi connectivity index (χ0n) is 13.3. The van der Waals surface area contributed by atoms with Gasteiger partial charge in [-0.25, -0.2) is 0 Å². The van der Waals surface area contributed by atoms with Crippen molar-refractivity contribution >= 4 is 11.6 Å². The summed E-state index contributed by atoms with van der Waals surface area (Å²) in [5.74, 6) is 1.34. The van der Waals surface area contributed by atoms with E-state index in [0.717, 1.165) is 38.2 Å². The highest BCUT2D eigenvalue weighted by Crippen LogP contribution is 2.34. The van der Waals surface area contributed by atoms with Gasteiger partial charge in [-0.3, -0.25) is 4.90 Å². The number of benzene rings is 1. The molecule has 1 unspecified atom stereocenters. The summed E-state index contributed by atoms with van der Waals surface area (Å²) >= 11 is 6.41. The third-order valence-corrected chi connectivity index (χ3v) is 4.11. The lowest BCUT2D eigenvalue weighted by molar-refractivity contribution is -0.0324. The van der Waals surface area contributed by atoms with E-state index in [4.69, 9.17) is 25.8 Å². The van der Waals surface area contributed by atoms with Crippen molar-refractivity contribution < 1.29 is 14.2 Å². The summed E-state index contributed by atoms with van der Waals surface area (Å²) in [6, 6.07) is 3.77. The summed E-state index contributed by atoms with van der Waals surface area (Å²) in [5, 5.41) is 0.694. The van der Waals surface area contributed by atoms with Gasteiger partial charge in [0.15, 0.2) is 11.5 Å². The maximum absolute atomic E-state index is 6.41. The van der Waals surface area contributed by atoms with E-state index in [1.165, 1.54) is 0 Å². The first-order chi connectivity index (χ1) is 10.7. The van der Waals surface area contributed by atoms with Crippen molar-refractivity contribution in [3.63, 3.8) is 0 Å². The summed E-state index contributed by atoms with van der Waals surface area (Å²) in [4.78, 5) is 2.36. The fraction of sp³-hybridized carbons (Fsp3) is 0.529. The highest BCUT2D eigenvalue weighted by Gasteiger charge is 2.20. The first-order valence-corrected chi connectivity index (χ1v) is 7.99. The van der Waals surface area contributed by atoms with E-state index >= 15 is 0 Å². The molecule has 2 rings (SSSR count). The van der Waals surface area contributed by atoms with Crippen molar-refractivity contribution in [3.05, 3.63) is 35.4 Å². The second-order valence-corrected chi connectivity index (χ2v) is 5.74. The molecule has 0 bridgehead atoms. The molecule has 0 aromatic heterocycles. The van der Waals surface area contributed by atoms with Gasteiger partial charge in [-0.05, 0) is 18.1 Å². The van der Waals surface area contributed by atoms with E-state index < -0.39 is 0 Å². The third-order valence-electron chi connectivity index (χ3n) is 3.76. The van der Waals surface area contributed by atoms with E-state index in [1.54, 1.807) is 13.2 Å². The maximum atomic E-state index is 6.41. The molecule has 1 heterocycles. The average Bonchev–Trinajstić information content (AvgIpc) is 2.55. The van der Waals surface area contributed by atoms with E-state index in [9.17, 15) is 0 Å². The van der Waals surface area contributed by atoms with Crippen LogP contribution in [-0.2, 0) is 11.3 Å². The summed E-state index contributed by atoms with van der Waals surface area (Å²) in [6.45, 7) is 9.63. The first-order valence-electron chi connectivity index (χ1n) is 7.62. The Morgan fingerprint density at radius 2 is 2.27 bits per heavy atom. The van der Waals surface area contributed by atoms with E-state index in [-0.39, 0.29) is 0 Å². The fourth-order valence-corrected chi connectivity index (χ4v) is 2.74. The zero-order chi connectivity index (χ0) is 15.9. The van der Waals surface area contributed by atoms with Gasteiger partial charge >= 0.3 is 0 Å². The minimum atomic E-state index is 0.310. The molecular formula is C17H24ClNO3. The first kappa shape index (κ1) is 17.1. The molecule has 0 spiro atoms. The summed E-state index contributed by atoms with van der Waals surface area (Å²) in [5.41, 5.74) is 1.04. The molecule has 0 saturated carbocycles. The van der Waals surface area contributed by atoms with Gasteiger partial charge in [0.25, 0.3) is 0 Å². The Morgan fingerprint density at radius 3 is 2.95 bits per heavy atom. The fourth-order valence-electron chi connectivity index (χ4n) is 2.53. The number of morpholine rings is 1. The number of hydrogen-bond donors (Lipinski definition) is 0. The largest absolute Gasteiger partial charge is 0.493 e. The van der Waals surface area contributed by atoms with E-state index in [0.29, 0.717) is 29.2 Å². The predicted octanol–water partition coefficient (Wildman–Crippen LogP) is 3.52. The topological polar surface area (TPSA) is 30.9 Å². The average molecular weight is 326 g/mol. The molecule has 4 nitrogen and oxygen atoms in total.